The maximum absolute atomic E-state index is 10.2. The second-order valence-corrected chi connectivity index (χ2v) is 1.75. The van der Waals surface area contributed by atoms with E-state index in [9.17, 15) is 4.79 Å². The van der Waals surface area contributed by atoms with Crippen LogP contribution in [0.4, 0.5) is 0 Å². The molecular weight excluding hydrogens is 199 g/mol. The zero-order valence-electron chi connectivity index (χ0n) is 6.77. The van der Waals surface area contributed by atoms with Crippen molar-refractivity contribution in [3.8, 4) is 0 Å². The third kappa shape index (κ3) is 9.14. The Morgan fingerprint density at radius 1 is 1.29 bits per heavy atom. The van der Waals surface area contributed by atoms with Crippen molar-refractivity contribution in [2.75, 3.05) is 0 Å². The fourth-order valence-corrected chi connectivity index (χ4v) is 0.581. The maximum atomic E-state index is 10.2. The Bertz CT molecular complexity index is 255. The van der Waals surface area contributed by atoms with Gasteiger partial charge in [-0.2, -0.15) is 0 Å². The van der Waals surface area contributed by atoms with E-state index in [2.05, 4.69) is 0 Å². The standard InChI is InChI=1S/C7H6O2.HNO2.H3N.Na.H/c8-7(9)6-4-2-1-3-5-6;2-1-3;;;/h1-5H,(H,8,9);1H;1H3;;. The van der Waals surface area contributed by atoms with Crippen LogP contribution < -0.4 is 11.5 Å². The first-order valence-electron chi connectivity index (χ1n) is 3.00. The molecular formula is C7H11N2NaO4. The fourth-order valence-electron chi connectivity index (χ4n) is 0.581. The first kappa shape index (κ1) is 18.8. The van der Waals surface area contributed by atoms with Gasteiger partial charge in [-0.25, -0.2) is 4.79 Å². The summed E-state index contributed by atoms with van der Waals surface area (Å²) in [7, 11) is 0. The predicted octanol–water partition coefficient (Wildman–Crippen LogP) is -0.770. The minimum absolute atomic E-state index is 0. The van der Waals surface area contributed by atoms with Gasteiger partial charge in [0.15, 0.2) is 0 Å². The number of rotatable bonds is 1. The molecule has 74 valence electrons. The monoisotopic (exact) mass is 210 g/mol. The first-order chi connectivity index (χ1) is 5.72. The van der Waals surface area contributed by atoms with E-state index in [0.717, 1.165) is 0 Å². The van der Waals surface area contributed by atoms with Crippen molar-refractivity contribution in [1.29, 1.82) is 0 Å². The minimum atomic E-state index is -0.879. The number of carboxylic acid groups (broad SMARTS) is 1. The molecule has 0 fully saturated rings. The Balaban J connectivity index is -0.000000218. The van der Waals surface area contributed by atoms with Crippen LogP contribution in [0.2, 0.25) is 0 Å². The van der Waals surface area contributed by atoms with Crippen LogP contribution in [0.5, 0.6) is 0 Å². The van der Waals surface area contributed by atoms with Gasteiger partial charge in [0.25, 0.3) is 0 Å². The molecule has 0 aliphatic heterocycles. The molecule has 0 heterocycles. The molecule has 0 aliphatic rings. The van der Waals surface area contributed by atoms with Gasteiger partial charge in [-0.05, 0) is 12.1 Å². The Morgan fingerprint density at radius 2 is 1.64 bits per heavy atom. The van der Waals surface area contributed by atoms with E-state index in [0.29, 0.717) is 5.56 Å². The van der Waals surface area contributed by atoms with Crippen LogP contribution in [0.1, 0.15) is 10.4 Å². The number of hydrogen-bond donors (Lipinski definition) is 3. The summed E-state index contributed by atoms with van der Waals surface area (Å²) in [6.07, 6.45) is 0. The van der Waals surface area contributed by atoms with Gasteiger partial charge in [0.2, 0.25) is 0 Å². The molecule has 0 saturated carbocycles. The topological polar surface area (TPSA) is 126 Å². The number of carboxylic acids is 1. The molecule has 0 amide bonds. The second-order valence-electron chi connectivity index (χ2n) is 1.75. The average Bonchev–Trinajstić information content (AvgIpc) is 2.07. The van der Waals surface area contributed by atoms with E-state index in [1.807, 2.05) is 0 Å². The summed E-state index contributed by atoms with van der Waals surface area (Å²) in [5.74, 6) is -0.879. The molecule has 1 rings (SSSR count). The summed E-state index contributed by atoms with van der Waals surface area (Å²) in [6.45, 7) is 0. The average molecular weight is 210 g/mol. The molecule has 0 saturated heterocycles. The number of nitrogens with one attached hydrogen (secondary N) is 1. The van der Waals surface area contributed by atoms with Crippen molar-refractivity contribution < 1.29 is 15.2 Å². The Labute approximate surface area is 103 Å². The SMILES string of the molecule is N.O=C(O)c1ccccc1.O=[NH+][O-].[NaH]. The number of benzene rings is 1. The van der Waals surface area contributed by atoms with E-state index in [1.54, 1.807) is 30.3 Å². The second kappa shape index (κ2) is 12.0. The van der Waals surface area contributed by atoms with E-state index in [4.69, 9.17) is 15.2 Å². The van der Waals surface area contributed by atoms with E-state index < -0.39 is 5.97 Å². The summed E-state index contributed by atoms with van der Waals surface area (Å²) < 4.78 is 0. The summed E-state index contributed by atoms with van der Waals surface area (Å²) >= 11 is 0. The zero-order chi connectivity index (χ0) is 9.40. The molecule has 5 N–H and O–H groups in total. The molecule has 0 bridgehead atoms. The summed E-state index contributed by atoms with van der Waals surface area (Å²) in [4.78, 5) is 18.3. The summed E-state index contributed by atoms with van der Waals surface area (Å²) in [6, 6.07) is 8.30. The molecule has 0 spiro atoms. The third-order valence-corrected chi connectivity index (χ3v) is 1.02. The van der Waals surface area contributed by atoms with Crippen molar-refractivity contribution in [2.45, 2.75) is 0 Å². The van der Waals surface area contributed by atoms with E-state index >= 15 is 0 Å². The Hall–Kier alpha value is -0.950. The van der Waals surface area contributed by atoms with Gasteiger partial charge in [0, 0.05) is 5.34 Å². The van der Waals surface area contributed by atoms with Crippen LogP contribution in [0, 0.1) is 10.1 Å². The van der Waals surface area contributed by atoms with Gasteiger partial charge >= 0.3 is 35.5 Å². The Kier molecular flexibility index (Phi) is 16.1. The molecule has 0 aliphatic carbocycles. The van der Waals surface area contributed by atoms with Crippen LogP contribution in [0.15, 0.2) is 30.3 Å². The normalized spacial score (nSPS) is 6.57. The molecule has 0 aromatic heterocycles. The van der Waals surface area contributed by atoms with Gasteiger partial charge in [-0.3, -0.25) is 10.1 Å². The van der Waals surface area contributed by atoms with Crippen LogP contribution >= 0.6 is 0 Å². The molecule has 0 atom stereocenters. The van der Waals surface area contributed by atoms with Crippen LogP contribution in [0.3, 0.4) is 0 Å². The quantitative estimate of drug-likeness (QED) is 0.318. The molecule has 0 unspecified atom stereocenters. The van der Waals surface area contributed by atoms with Crippen LogP contribution in [-0.2, 0) is 0 Å². The molecule has 6 nitrogen and oxygen atoms in total. The molecule has 1 aromatic rings. The van der Waals surface area contributed by atoms with Crippen molar-refractivity contribution in [1.82, 2.24) is 6.15 Å². The third-order valence-electron chi connectivity index (χ3n) is 1.02. The Morgan fingerprint density at radius 3 is 1.86 bits per heavy atom. The number of aromatic carboxylic acids is 1. The number of hydrogen-bond acceptors (Lipinski definition) is 4. The summed E-state index contributed by atoms with van der Waals surface area (Å²) in [5.41, 5.74) is 0.331. The van der Waals surface area contributed by atoms with Gasteiger partial charge < -0.3 is 11.3 Å². The van der Waals surface area contributed by atoms with Crippen molar-refractivity contribution in [3.05, 3.63) is 46.0 Å². The van der Waals surface area contributed by atoms with Crippen molar-refractivity contribution >= 4 is 35.5 Å². The number of carbonyl (C=O) groups is 1. The van der Waals surface area contributed by atoms with Crippen LogP contribution in [0.25, 0.3) is 0 Å². The molecule has 0 radical (unpaired) electrons. The van der Waals surface area contributed by atoms with Crippen molar-refractivity contribution in [3.63, 3.8) is 0 Å². The van der Waals surface area contributed by atoms with Gasteiger partial charge in [-0.1, -0.05) is 18.2 Å². The molecule has 14 heavy (non-hydrogen) atoms. The van der Waals surface area contributed by atoms with Gasteiger partial charge in [-0.15, -0.1) is 0 Å². The van der Waals surface area contributed by atoms with E-state index in [-0.39, 0.29) is 41.0 Å². The first-order valence-corrected chi connectivity index (χ1v) is 3.00. The summed E-state index contributed by atoms with van der Waals surface area (Å²) in [5, 5.41) is 16.8. The predicted molar refractivity (Wildman–Crippen MR) is 53.3 cm³/mol. The van der Waals surface area contributed by atoms with Gasteiger partial charge in [0.1, 0.15) is 0 Å². The molecule has 7 heteroatoms. The van der Waals surface area contributed by atoms with Gasteiger partial charge in [0.05, 0.1) is 5.56 Å². The van der Waals surface area contributed by atoms with Crippen molar-refractivity contribution in [2.24, 2.45) is 0 Å². The van der Waals surface area contributed by atoms with E-state index in [1.165, 1.54) is 0 Å². The van der Waals surface area contributed by atoms with Crippen LogP contribution in [-0.4, -0.2) is 40.6 Å². The molecule has 1 aromatic carbocycles. The fraction of sp³-hybridized carbons (Fsp3) is 0. The zero-order valence-corrected chi connectivity index (χ0v) is 6.77.